The van der Waals surface area contributed by atoms with Crippen LogP contribution in [0.1, 0.15) is 64.2 Å². The molecule has 2 N–H and O–H groups in total. The second-order valence-electron chi connectivity index (χ2n) is 7.17. The number of hydrogen-bond acceptors (Lipinski definition) is 2. The Morgan fingerprint density at radius 1 is 1.10 bits per heavy atom. The van der Waals surface area contributed by atoms with Crippen LogP contribution in [0.4, 0.5) is 4.79 Å². The Morgan fingerprint density at radius 2 is 1.76 bits per heavy atom. The molecule has 0 bridgehead atoms. The van der Waals surface area contributed by atoms with Crippen molar-refractivity contribution in [2.24, 2.45) is 5.92 Å². The normalized spacial score (nSPS) is 24.4. The van der Waals surface area contributed by atoms with Gasteiger partial charge in [0.2, 0.25) is 0 Å². The van der Waals surface area contributed by atoms with Crippen molar-refractivity contribution in [1.29, 1.82) is 0 Å². The molecule has 3 aliphatic rings. The number of urea groups is 1. The summed E-state index contributed by atoms with van der Waals surface area (Å²) in [7, 11) is 0. The fraction of sp³-hybridized carbons (Fsp3) is 0.875. The average molecular weight is 294 g/mol. The molecule has 0 aromatic carbocycles. The highest BCUT2D eigenvalue weighted by molar-refractivity contribution is 5.77. The van der Waals surface area contributed by atoms with Crippen LogP contribution in [0.15, 0.2) is 0 Å². The molecule has 0 aromatic rings. The van der Waals surface area contributed by atoms with Gasteiger partial charge >= 0.3 is 12.0 Å². The molecule has 0 spiro atoms. The number of hydrogen-bond donors (Lipinski definition) is 2. The molecular formula is C16H26N2O3. The maximum Gasteiger partial charge on any atom is 0.318 e. The van der Waals surface area contributed by atoms with Gasteiger partial charge < -0.3 is 15.3 Å². The zero-order valence-electron chi connectivity index (χ0n) is 12.6. The Hall–Kier alpha value is -1.26. The summed E-state index contributed by atoms with van der Waals surface area (Å²) in [5.74, 6) is -0.129. The summed E-state index contributed by atoms with van der Waals surface area (Å²) in [5.41, 5.74) is -0.516. The van der Waals surface area contributed by atoms with Crippen LogP contribution in [0, 0.1) is 5.92 Å². The first-order chi connectivity index (χ1) is 10.1. The van der Waals surface area contributed by atoms with E-state index in [4.69, 9.17) is 0 Å². The smallest absolute Gasteiger partial charge is 0.318 e. The Morgan fingerprint density at radius 3 is 2.29 bits per heavy atom. The van der Waals surface area contributed by atoms with Gasteiger partial charge in [0.1, 0.15) is 0 Å². The highest BCUT2D eigenvalue weighted by Crippen LogP contribution is 2.36. The third-order valence-corrected chi connectivity index (χ3v) is 5.07. The van der Waals surface area contributed by atoms with Crippen molar-refractivity contribution in [3.8, 4) is 0 Å². The van der Waals surface area contributed by atoms with Gasteiger partial charge in [0.25, 0.3) is 0 Å². The molecule has 0 aliphatic heterocycles. The van der Waals surface area contributed by atoms with Crippen molar-refractivity contribution >= 4 is 12.0 Å². The van der Waals surface area contributed by atoms with E-state index in [-0.39, 0.29) is 12.5 Å². The molecule has 118 valence electrons. The first-order valence-electron chi connectivity index (χ1n) is 8.39. The molecule has 3 rings (SSSR count). The standard InChI is InChI=1S/C16H26N2O3/c19-14(20)10-16(8-2-1-3-9-16)17-15(21)18(13-6-7-13)11-12-4-5-12/h12-13H,1-11H2,(H,17,21)(H,19,20). The number of aliphatic carboxylic acids is 1. The molecule has 0 heterocycles. The topological polar surface area (TPSA) is 69.6 Å². The van der Waals surface area contributed by atoms with Crippen LogP contribution < -0.4 is 5.32 Å². The Bertz CT molecular complexity index is 410. The summed E-state index contributed by atoms with van der Waals surface area (Å²) in [4.78, 5) is 25.8. The summed E-state index contributed by atoms with van der Waals surface area (Å²) >= 11 is 0. The lowest BCUT2D eigenvalue weighted by molar-refractivity contribution is -0.139. The van der Waals surface area contributed by atoms with Crippen molar-refractivity contribution in [2.75, 3.05) is 6.54 Å². The average Bonchev–Trinajstić information content (AvgIpc) is 3.29. The molecule has 5 heteroatoms. The fourth-order valence-electron chi connectivity index (χ4n) is 3.53. The van der Waals surface area contributed by atoms with Gasteiger partial charge in [-0.05, 0) is 44.4 Å². The second kappa shape index (κ2) is 5.85. The molecule has 3 saturated carbocycles. The minimum atomic E-state index is -0.808. The van der Waals surface area contributed by atoms with E-state index in [2.05, 4.69) is 5.32 Å². The number of rotatable bonds is 6. The van der Waals surface area contributed by atoms with E-state index in [0.717, 1.165) is 51.5 Å². The molecule has 0 saturated heterocycles. The third-order valence-electron chi connectivity index (χ3n) is 5.07. The Labute approximate surface area is 126 Å². The quantitative estimate of drug-likeness (QED) is 0.791. The number of amides is 2. The van der Waals surface area contributed by atoms with Gasteiger partial charge in [0, 0.05) is 12.6 Å². The molecule has 0 unspecified atom stereocenters. The van der Waals surface area contributed by atoms with Gasteiger partial charge in [-0.15, -0.1) is 0 Å². The molecule has 3 fully saturated rings. The molecule has 5 nitrogen and oxygen atoms in total. The van der Waals surface area contributed by atoms with E-state index in [1.54, 1.807) is 0 Å². The summed E-state index contributed by atoms with van der Waals surface area (Å²) in [6, 6.07) is 0.378. The lowest BCUT2D eigenvalue weighted by Crippen LogP contribution is -2.56. The molecule has 0 radical (unpaired) electrons. The first kappa shape index (κ1) is 14.7. The summed E-state index contributed by atoms with van der Waals surface area (Å²) in [5, 5.41) is 12.3. The minimum Gasteiger partial charge on any atom is -0.481 e. The number of carbonyl (C=O) groups is 2. The van der Waals surface area contributed by atoms with Crippen LogP contribution in [0.5, 0.6) is 0 Å². The first-order valence-corrected chi connectivity index (χ1v) is 8.39. The Kier molecular flexibility index (Phi) is 4.09. The van der Waals surface area contributed by atoms with Crippen LogP contribution >= 0.6 is 0 Å². The van der Waals surface area contributed by atoms with Gasteiger partial charge in [0.15, 0.2) is 0 Å². The highest BCUT2D eigenvalue weighted by Gasteiger charge is 2.41. The minimum absolute atomic E-state index is 0.0208. The predicted octanol–water partition coefficient (Wildman–Crippen LogP) is 2.75. The van der Waals surface area contributed by atoms with Crippen LogP contribution in [0.25, 0.3) is 0 Å². The van der Waals surface area contributed by atoms with Crippen molar-refractivity contribution in [3.63, 3.8) is 0 Å². The fourth-order valence-corrected chi connectivity index (χ4v) is 3.53. The number of carboxylic acids is 1. The number of nitrogens with zero attached hydrogens (tertiary/aromatic N) is 1. The lowest BCUT2D eigenvalue weighted by Gasteiger charge is -2.39. The maximum atomic E-state index is 12.7. The SMILES string of the molecule is O=C(O)CC1(NC(=O)N(CC2CC2)C2CC2)CCCCC1. The van der Waals surface area contributed by atoms with Crippen molar-refractivity contribution in [3.05, 3.63) is 0 Å². The summed E-state index contributed by atoms with van der Waals surface area (Å²) < 4.78 is 0. The van der Waals surface area contributed by atoms with Gasteiger partial charge in [-0.2, -0.15) is 0 Å². The molecule has 0 atom stereocenters. The van der Waals surface area contributed by atoms with Gasteiger partial charge in [-0.1, -0.05) is 19.3 Å². The van der Waals surface area contributed by atoms with E-state index in [1.807, 2.05) is 4.90 Å². The molecular weight excluding hydrogens is 268 g/mol. The van der Waals surface area contributed by atoms with Crippen molar-refractivity contribution in [2.45, 2.75) is 75.8 Å². The van der Waals surface area contributed by atoms with Crippen LogP contribution in [-0.2, 0) is 4.79 Å². The van der Waals surface area contributed by atoms with Gasteiger partial charge in [-0.25, -0.2) is 4.79 Å². The lowest BCUT2D eigenvalue weighted by atomic mass is 9.79. The molecule has 0 aromatic heterocycles. The van der Waals surface area contributed by atoms with E-state index in [9.17, 15) is 14.7 Å². The van der Waals surface area contributed by atoms with Crippen LogP contribution in [0.3, 0.4) is 0 Å². The highest BCUT2D eigenvalue weighted by atomic mass is 16.4. The van der Waals surface area contributed by atoms with Crippen molar-refractivity contribution in [1.82, 2.24) is 10.2 Å². The van der Waals surface area contributed by atoms with E-state index in [1.165, 1.54) is 12.8 Å². The number of carboxylic acid groups (broad SMARTS) is 1. The van der Waals surface area contributed by atoms with Gasteiger partial charge in [0.05, 0.1) is 12.0 Å². The third kappa shape index (κ3) is 3.89. The molecule has 21 heavy (non-hydrogen) atoms. The Balaban J connectivity index is 1.64. The number of nitrogens with one attached hydrogen (secondary N) is 1. The largest absolute Gasteiger partial charge is 0.481 e. The van der Waals surface area contributed by atoms with Gasteiger partial charge in [-0.3, -0.25) is 4.79 Å². The van der Waals surface area contributed by atoms with E-state index < -0.39 is 11.5 Å². The zero-order valence-corrected chi connectivity index (χ0v) is 12.6. The molecule has 2 amide bonds. The monoisotopic (exact) mass is 294 g/mol. The van der Waals surface area contributed by atoms with E-state index >= 15 is 0 Å². The second-order valence-corrected chi connectivity index (χ2v) is 7.17. The van der Waals surface area contributed by atoms with Crippen LogP contribution in [0.2, 0.25) is 0 Å². The summed E-state index contributed by atoms with van der Waals surface area (Å²) in [6.07, 6.45) is 9.50. The zero-order chi connectivity index (χ0) is 14.9. The van der Waals surface area contributed by atoms with Crippen molar-refractivity contribution < 1.29 is 14.7 Å². The molecule has 3 aliphatic carbocycles. The maximum absolute atomic E-state index is 12.7. The summed E-state index contributed by atoms with van der Waals surface area (Å²) in [6.45, 7) is 0.861. The number of carbonyl (C=O) groups excluding carboxylic acids is 1. The van der Waals surface area contributed by atoms with Crippen LogP contribution in [-0.4, -0.2) is 40.1 Å². The van der Waals surface area contributed by atoms with E-state index in [0.29, 0.717) is 12.0 Å². The predicted molar refractivity (Wildman–Crippen MR) is 79.1 cm³/mol.